The molecule has 19 heavy (non-hydrogen) atoms. The van der Waals surface area contributed by atoms with Crippen molar-refractivity contribution in [3.05, 3.63) is 46.5 Å². The summed E-state index contributed by atoms with van der Waals surface area (Å²) in [7, 11) is 0. The number of aromatic amines is 1. The van der Waals surface area contributed by atoms with Crippen LogP contribution in [0.3, 0.4) is 0 Å². The molecule has 1 aromatic carbocycles. The number of hydrogen-bond donors (Lipinski definition) is 1. The number of thioether (sulfide) groups is 1. The average Bonchev–Trinajstić information content (AvgIpc) is 2.38. The van der Waals surface area contributed by atoms with E-state index in [0.717, 1.165) is 5.56 Å². The maximum absolute atomic E-state index is 12.2. The molecule has 0 aliphatic heterocycles. The van der Waals surface area contributed by atoms with Crippen LogP contribution in [0.4, 0.5) is 8.78 Å². The van der Waals surface area contributed by atoms with E-state index in [2.05, 4.69) is 9.97 Å². The number of H-pyrrole nitrogens is 1. The minimum absolute atomic E-state index is 0.215. The van der Waals surface area contributed by atoms with E-state index in [1.807, 2.05) is 6.92 Å². The standard InChI is InChI=1S/C13H12F2N2OS/c1-2-11-16-10(7-12(18)17-11)8-3-5-9(6-4-8)19-13(14)15/h3-7,13H,2H2,1H3,(H,16,17,18). The molecule has 0 aliphatic carbocycles. The number of aromatic nitrogens is 2. The van der Waals surface area contributed by atoms with E-state index in [0.29, 0.717) is 34.6 Å². The number of alkyl halides is 2. The lowest BCUT2D eigenvalue weighted by atomic mass is 10.1. The average molecular weight is 282 g/mol. The van der Waals surface area contributed by atoms with E-state index in [1.54, 1.807) is 24.3 Å². The van der Waals surface area contributed by atoms with Gasteiger partial charge in [0.2, 0.25) is 0 Å². The summed E-state index contributed by atoms with van der Waals surface area (Å²) in [6.45, 7) is 1.89. The molecule has 0 fully saturated rings. The first kappa shape index (κ1) is 13.7. The summed E-state index contributed by atoms with van der Waals surface area (Å²) in [5, 5.41) is 0. The number of rotatable bonds is 4. The first-order chi connectivity index (χ1) is 9.08. The Morgan fingerprint density at radius 1 is 1.32 bits per heavy atom. The number of aryl methyl sites for hydroxylation is 1. The van der Waals surface area contributed by atoms with Gasteiger partial charge in [-0.05, 0) is 12.1 Å². The number of nitrogens with one attached hydrogen (secondary N) is 1. The van der Waals surface area contributed by atoms with Crippen molar-refractivity contribution in [1.82, 2.24) is 9.97 Å². The lowest BCUT2D eigenvalue weighted by Crippen LogP contribution is -2.10. The quantitative estimate of drug-likeness (QED) is 0.875. The molecule has 0 saturated carbocycles. The second kappa shape index (κ2) is 5.97. The highest BCUT2D eigenvalue weighted by molar-refractivity contribution is 7.99. The monoisotopic (exact) mass is 282 g/mol. The fourth-order valence-corrected chi connectivity index (χ4v) is 2.13. The molecule has 0 unspecified atom stereocenters. The minimum atomic E-state index is -2.43. The number of nitrogens with zero attached hydrogens (tertiary/aromatic N) is 1. The maximum Gasteiger partial charge on any atom is 0.288 e. The molecule has 0 saturated heterocycles. The van der Waals surface area contributed by atoms with Crippen LogP contribution in [0.5, 0.6) is 0 Å². The molecule has 1 N–H and O–H groups in total. The Morgan fingerprint density at radius 2 is 2.00 bits per heavy atom. The second-order valence-electron chi connectivity index (χ2n) is 3.83. The molecule has 0 atom stereocenters. The third-order valence-electron chi connectivity index (χ3n) is 2.50. The number of benzene rings is 1. The van der Waals surface area contributed by atoms with Crippen LogP contribution in [-0.4, -0.2) is 15.7 Å². The Morgan fingerprint density at radius 3 is 2.58 bits per heavy atom. The maximum atomic E-state index is 12.2. The number of halogens is 2. The van der Waals surface area contributed by atoms with Gasteiger partial charge in [0.05, 0.1) is 5.69 Å². The smallest absolute Gasteiger partial charge is 0.288 e. The highest BCUT2D eigenvalue weighted by Crippen LogP contribution is 2.27. The van der Waals surface area contributed by atoms with E-state index in [4.69, 9.17) is 0 Å². The summed E-state index contributed by atoms with van der Waals surface area (Å²) in [6.07, 6.45) is 0.627. The third kappa shape index (κ3) is 3.64. The van der Waals surface area contributed by atoms with Gasteiger partial charge >= 0.3 is 0 Å². The minimum Gasteiger partial charge on any atom is -0.311 e. The van der Waals surface area contributed by atoms with Gasteiger partial charge in [-0.1, -0.05) is 30.8 Å². The van der Waals surface area contributed by atoms with Crippen molar-refractivity contribution in [2.45, 2.75) is 24.0 Å². The van der Waals surface area contributed by atoms with Crippen molar-refractivity contribution in [3.8, 4) is 11.3 Å². The molecule has 2 rings (SSSR count). The van der Waals surface area contributed by atoms with Crippen molar-refractivity contribution in [1.29, 1.82) is 0 Å². The van der Waals surface area contributed by atoms with Crippen LogP contribution in [-0.2, 0) is 6.42 Å². The van der Waals surface area contributed by atoms with E-state index >= 15 is 0 Å². The van der Waals surface area contributed by atoms with Crippen LogP contribution < -0.4 is 5.56 Å². The summed E-state index contributed by atoms with van der Waals surface area (Å²) < 4.78 is 24.4. The molecule has 0 amide bonds. The molecule has 100 valence electrons. The van der Waals surface area contributed by atoms with Crippen molar-refractivity contribution < 1.29 is 8.78 Å². The molecule has 0 radical (unpaired) electrons. The zero-order valence-electron chi connectivity index (χ0n) is 10.2. The Balaban J connectivity index is 2.31. The first-order valence-electron chi connectivity index (χ1n) is 5.74. The molecule has 1 heterocycles. The van der Waals surface area contributed by atoms with Crippen LogP contribution in [0.25, 0.3) is 11.3 Å². The van der Waals surface area contributed by atoms with Crippen molar-refractivity contribution in [2.75, 3.05) is 0 Å². The van der Waals surface area contributed by atoms with Gasteiger partial charge in [0.15, 0.2) is 0 Å². The largest absolute Gasteiger partial charge is 0.311 e. The summed E-state index contributed by atoms with van der Waals surface area (Å²) in [5.74, 6) is -1.83. The highest BCUT2D eigenvalue weighted by Gasteiger charge is 2.07. The summed E-state index contributed by atoms with van der Waals surface area (Å²) in [5.41, 5.74) is 1.07. The van der Waals surface area contributed by atoms with Gasteiger partial charge in [-0.15, -0.1) is 0 Å². The second-order valence-corrected chi connectivity index (χ2v) is 4.90. The van der Waals surface area contributed by atoms with E-state index < -0.39 is 5.76 Å². The fourth-order valence-electron chi connectivity index (χ4n) is 1.63. The van der Waals surface area contributed by atoms with Crippen LogP contribution in [0, 0.1) is 0 Å². The third-order valence-corrected chi connectivity index (χ3v) is 3.22. The van der Waals surface area contributed by atoms with Gasteiger partial charge in [0, 0.05) is 22.9 Å². The molecule has 0 aliphatic rings. The van der Waals surface area contributed by atoms with Gasteiger partial charge < -0.3 is 4.98 Å². The molecule has 0 bridgehead atoms. The predicted molar refractivity (Wildman–Crippen MR) is 71.5 cm³/mol. The zero-order valence-corrected chi connectivity index (χ0v) is 11.0. The molecule has 3 nitrogen and oxygen atoms in total. The van der Waals surface area contributed by atoms with Crippen LogP contribution in [0.2, 0.25) is 0 Å². The highest BCUT2D eigenvalue weighted by atomic mass is 32.2. The van der Waals surface area contributed by atoms with E-state index in [-0.39, 0.29) is 5.56 Å². The zero-order chi connectivity index (χ0) is 13.8. The van der Waals surface area contributed by atoms with Gasteiger partial charge in [0.1, 0.15) is 5.82 Å². The Labute approximate surface area is 113 Å². The molecule has 2 aromatic rings. The van der Waals surface area contributed by atoms with Gasteiger partial charge in [-0.2, -0.15) is 8.78 Å². The van der Waals surface area contributed by atoms with Gasteiger partial charge in [-0.3, -0.25) is 4.79 Å². The number of hydrogen-bond acceptors (Lipinski definition) is 3. The molecule has 6 heteroatoms. The first-order valence-corrected chi connectivity index (χ1v) is 6.62. The van der Waals surface area contributed by atoms with Gasteiger partial charge in [0.25, 0.3) is 11.3 Å². The molecule has 0 spiro atoms. The molecule has 1 aromatic heterocycles. The summed E-state index contributed by atoms with van der Waals surface area (Å²) in [6, 6.07) is 7.97. The Hall–Kier alpha value is -1.69. The summed E-state index contributed by atoms with van der Waals surface area (Å²) in [4.78, 5) is 18.9. The normalized spacial score (nSPS) is 10.9. The fraction of sp³-hybridized carbons (Fsp3) is 0.231. The summed E-state index contributed by atoms with van der Waals surface area (Å²) >= 11 is 0.491. The Kier molecular flexibility index (Phi) is 4.31. The van der Waals surface area contributed by atoms with Crippen molar-refractivity contribution >= 4 is 11.8 Å². The van der Waals surface area contributed by atoms with Crippen LogP contribution in [0.1, 0.15) is 12.7 Å². The predicted octanol–water partition coefficient (Wildman–Crippen LogP) is 3.31. The van der Waals surface area contributed by atoms with Crippen molar-refractivity contribution in [3.63, 3.8) is 0 Å². The van der Waals surface area contributed by atoms with Crippen LogP contribution in [0.15, 0.2) is 40.0 Å². The molecular weight excluding hydrogens is 270 g/mol. The van der Waals surface area contributed by atoms with Gasteiger partial charge in [-0.25, -0.2) is 4.98 Å². The van der Waals surface area contributed by atoms with Crippen LogP contribution >= 0.6 is 11.8 Å². The topological polar surface area (TPSA) is 45.8 Å². The lowest BCUT2D eigenvalue weighted by Gasteiger charge is -2.04. The van der Waals surface area contributed by atoms with E-state index in [9.17, 15) is 13.6 Å². The Bertz CT molecular complexity index is 611. The SMILES string of the molecule is CCc1nc(-c2ccc(SC(F)F)cc2)cc(=O)[nH]1. The lowest BCUT2D eigenvalue weighted by molar-refractivity contribution is 0.252. The van der Waals surface area contributed by atoms with Crippen molar-refractivity contribution in [2.24, 2.45) is 0 Å². The molecular formula is C13H12F2N2OS. The van der Waals surface area contributed by atoms with E-state index in [1.165, 1.54) is 6.07 Å².